The van der Waals surface area contributed by atoms with Gasteiger partial charge < -0.3 is 5.32 Å². The minimum atomic E-state index is -0.378. The van der Waals surface area contributed by atoms with Gasteiger partial charge in [-0.25, -0.2) is 4.39 Å². The summed E-state index contributed by atoms with van der Waals surface area (Å²) in [6.45, 7) is 0.197. The molecule has 0 saturated carbocycles. The van der Waals surface area contributed by atoms with E-state index in [1.165, 1.54) is 17.0 Å². The highest BCUT2D eigenvalue weighted by atomic mass is 35.5. The summed E-state index contributed by atoms with van der Waals surface area (Å²) in [5.74, 6) is -0.634. The summed E-state index contributed by atoms with van der Waals surface area (Å²) in [7, 11) is 0. The molecule has 0 atom stereocenters. The van der Waals surface area contributed by atoms with E-state index in [1.807, 2.05) is 18.2 Å². The Morgan fingerprint density at radius 2 is 1.92 bits per heavy atom. The molecule has 3 rings (SSSR count). The van der Waals surface area contributed by atoms with Crippen LogP contribution in [-0.2, 0) is 4.79 Å². The van der Waals surface area contributed by atoms with Gasteiger partial charge in [-0.15, -0.1) is 0 Å². The number of rotatable bonds is 4. The van der Waals surface area contributed by atoms with Gasteiger partial charge in [0, 0.05) is 5.56 Å². The van der Waals surface area contributed by atoms with E-state index < -0.39 is 0 Å². The highest BCUT2D eigenvalue weighted by molar-refractivity contribution is 8.26. The third-order valence-corrected chi connectivity index (χ3v) is 5.07. The molecule has 1 heterocycles. The summed E-state index contributed by atoms with van der Waals surface area (Å²) >= 11 is 12.5. The van der Waals surface area contributed by atoms with Gasteiger partial charge in [-0.2, -0.15) is 0 Å². The second-order valence-electron chi connectivity index (χ2n) is 4.95. The molecule has 3 nitrogen and oxygen atoms in total. The Balaban J connectivity index is 1.75. The lowest BCUT2D eigenvalue weighted by Crippen LogP contribution is -2.33. The minimum absolute atomic E-state index is 0.197. The van der Waals surface area contributed by atoms with Gasteiger partial charge in [-0.1, -0.05) is 65.9 Å². The Morgan fingerprint density at radius 1 is 1.21 bits per heavy atom. The molecule has 1 saturated heterocycles. The third-order valence-electron chi connectivity index (χ3n) is 3.37. The van der Waals surface area contributed by atoms with Gasteiger partial charge in [0.05, 0.1) is 22.3 Å². The van der Waals surface area contributed by atoms with Crippen molar-refractivity contribution in [1.82, 2.24) is 4.90 Å². The first-order chi connectivity index (χ1) is 11.6. The average Bonchev–Trinajstić information content (AvgIpc) is 2.83. The van der Waals surface area contributed by atoms with Crippen LogP contribution >= 0.6 is 35.6 Å². The Labute approximate surface area is 153 Å². The van der Waals surface area contributed by atoms with Crippen molar-refractivity contribution in [3.8, 4) is 0 Å². The van der Waals surface area contributed by atoms with Gasteiger partial charge in [0.1, 0.15) is 10.1 Å². The summed E-state index contributed by atoms with van der Waals surface area (Å²) in [6, 6.07) is 13.5. The SMILES string of the molecule is O=C1/C(=C/c2ccccc2F)SC(=S)N1CNc1ccccc1Cl. The molecule has 0 aliphatic carbocycles. The number of thioether (sulfide) groups is 1. The predicted octanol–water partition coefficient (Wildman–Crippen LogP) is 4.75. The zero-order valence-corrected chi connectivity index (χ0v) is 14.7. The van der Waals surface area contributed by atoms with Crippen molar-refractivity contribution in [2.45, 2.75) is 0 Å². The van der Waals surface area contributed by atoms with Crippen LogP contribution in [0.25, 0.3) is 6.08 Å². The Morgan fingerprint density at radius 3 is 2.67 bits per heavy atom. The summed E-state index contributed by atoms with van der Waals surface area (Å²) in [5, 5.41) is 3.64. The van der Waals surface area contributed by atoms with Crippen molar-refractivity contribution >= 4 is 57.6 Å². The molecule has 1 N–H and O–H groups in total. The number of hydrogen-bond donors (Lipinski definition) is 1. The number of nitrogens with zero attached hydrogens (tertiary/aromatic N) is 1. The lowest BCUT2D eigenvalue weighted by Gasteiger charge is -2.16. The van der Waals surface area contributed by atoms with Crippen molar-refractivity contribution in [3.05, 3.63) is 69.8 Å². The number of carbonyl (C=O) groups excluding carboxylic acids is 1. The number of nitrogens with one attached hydrogen (secondary N) is 1. The third kappa shape index (κ3) is 3.61. The number of benzene rings is 2. The fraction of sp³-hybridized carbons (Fsp3) is 0.0588. The molecule has 7 heteroatoms. The molecule has 122 valence electrons. The van der Waals surface area contributed by atoms with Gasteiger partial charge in [-0.3, -0.25) is 9.69 Å². The minimum Gasteiger partial charge on any atom is -0.366 e. The molecule has 24 heavy (non-hydrogen) atoms. The fourth-order valence-electron chi connectivity index (χ4n) is 2.14. The van der Waals surface area contributed by atoms with Gasteiger partial charge in [0.2, 0.25) is 0 Å². The molecule has 0 unspecified atom stereocenters. The Bertz CT molecular complexity index is 841. The van der Waals surface area contributed by atoms with Crippen molar-refractivity contribution in [2.75, 3.05) is 12.0 Å². The van der Waals surface area contributed by atoms with E-state index in [1.54, 1.807) is 24.3 Å². The van der Waals surface area contributed by atoms with Crippen LogP contribution in [0.15, 0.2) is 53.4 Å². The first-order valence-corrected chi connectivity index (χ1v) is 8.65. The second-order valence-corrected chi connectivity index (χ2v) is 7.03. The fourth-order valence-corrected chi connectivity index (χ4v) is 3.59. The van der Waals surface area contributed by atoms with Crippen LogP contribution in [0.1, 0.15) is 5.56 Å². The molecular weight excluding hydrogens is 367 g/mol. The summed E-state index contributed by atoms with van der Waals surface area (Å²) < 4.78 is 14.2. The molecule has 2 aromatic rings. The average molecular weight is 379 g/mol. The predicted molar refractivity (Wildman–Crippen MR) is 101 cm³/mol. The van der Waals surface area contributed by atoms with Gasteiger partial charge in [0.25, 0.3) is 5.91 Å². The van der Waals surface area contributed by atoms with Crippen LogP contribution in [-0.4, -0.2) is 21.8 Å². The molecule has 0 bridgehead atoms. The molecule has 2 aromatic carbocycles. The molecule has 1 aliphatic rings. The van der Waals surface area contributed by atoms with E-state index in [-0.39, 0.29) is 18.4 Å². The largest absolute Gasteiger partial charge is 0.366 e. The van der Waals surface area contributed by atoms with Gasteiger partial charge in [0.15, 0.2) is 0 Å². The lowest BCUT2D eigenvalue weighted by atomic mass is 10.2. The molecule has 1 fully saturated rings. The van der Waals surface area contributed by atoms with Gasteiger partial charge >= 0.3 is 0 Å². The van der Waals surface area contributed by atoms with Crippen LogP contribution in [0, 0.1) is 5.82 Å². The van der Waals surface area contributed by atoms with Crippen LogP contribution < -0.4 is 5.32 Å². The number of amides is 1. The van der Waals surface area contributed by atoms with Crippen molar-refractivity contribution in [3.63, 3.8) is 0 Å². The summed E-state index contributed by atoms with van der Waals surface area (Å²) in [5.41, 5.74) is 1.07. The summed E-state index contributed by atoms with van der Waals surface area (Å²) in [6.07, 6.45) is 1.52. The van der Waals surface area contributed by atoms with Crippen molar-refractivity contribution in [1.29, 1.82) is 0 Å². The van der Waals surface area contributed by atoms with Crippen molar-refractivity contribution in [2.24, 2.45) is 0 Å². The van der Waals surface area contributed by atoms with Crippen LogP contribution in [0.2, 0.25) is 5.02 Å². The van der Waals surface area contributed by atoms with E-state index in [2.05, 4.69) is 5.32 Å². The van der Waals surface area contributed by atoms with Crippen LogP contribution in [0.5, 0.6) is 0 Å². The zero-order valence-electron chi connectivity index (χ0n) is 12.3. The maximum atomic E-state index is 13.7. The molecule has 1 amide bonds. The second kappa shape index (κ2) is 7.34. The standard InChI is InChI=1S/C17H12ClFN2OS2/c18-12-6-2-4-8-14(12)20-10-21-16(22)15(24-17(21)23)9-11-5-1-3-7-13(11)19/h1-9,20H,10H2/b15-9-. The van der Waals surface area contributed by atoms with E-state index in [0.29, 0.717) is 25.5 Å². The van der Waals surface area contributed by atoms with E-state index >= 15 is 0 Å². The van der Waals surface area contributed by atoms with E-state index in [0.717, 1.165) is 11.8 Å². The molecule has 0 radical (unpaired) electrons. The van der Waals surface area contributed by atoms with Crippen LogP contribution in [0.3, 0.4) is 0 Å². The number of para-hydroxylation sites is 1. The van der Waals surface area contributed by atoms with Crippen LogP contribution in [0.4, 0.5) is 10.1 Å². The maximum absolute atomic E-state index is 13.7. The first-order valence-electron chi connectivity index (χ1n) is 7.04. The van der Waals surface area contributed by atoms with Crippen molar-refractivity contribution < 1.29 is 9.18 Å². The highest BCUT2D eigenvalue weighted by Gasteiger charge is 2.32. The van der Waals surface area contributed by atoms with E-state index in [9.17, 15) is 9.18 Å². The lowest BCUT2D eigenvalue weighted by molar-refractivity contribution is -0.121. The Kier molecular flexibility index (Phi) is 5.18. The van der Waals surface area contributed by atoms with E-state index in [4.69, 9.17) is 23.8 Å². The zero-order chi connectivity index (χ0) is 17.1. The number of thiocarbonyl (C=S) groups is 1. The van der Waals surface area contributed by atoms with Gasteiger partial charge in [-0.05, 0) is 24.3 Å². The number of anilines is 1. The number of hydrogen-bond acceptors (Lipinski definition) is 4. The maximum Gasteiger partial charge on any atom is 0.267 e. The monoisotopic (exact) mass is 378 g/mol. The molecule has 0 aromatic heterocycles. The quantitative estimate of drug-likeness (QED) is 0.614. The molecule has 1 aliphatic heterocycles. The molecule has 0 spiro atoms. The normalized spacial score (nSPS) is 16.1. The highest BCUT2D eigenvalue weighted by Crippen LogP contribution is 2.33. The topological polar surface area (TPSA) is 32.3 Å². The number of halogens is 2. The smallest absolute Gasteiger partial charge is 0.267 e. The number of carbonyl (C=O) groups is 1. The Hall–Kier alpha value is -1.89. The summed E-state index contributed by atoms with van der Waals surface area (Å²) in [4.78, 5) is 14.3. The first kappa shape index (κ1) is 17.0. The molecular formula is C17H12ClFN2OS2.